The Labute approximate surface area is 215 Å². The fraction of sp³-hybridized carbons (Fsp3) is 0.500. The van der Waals surface area contributed by atoms with E-state index in [0.717, 1.165) is 5.69 Å². The average molecular weight is 515 g/mol. The SMILES string of the molecule is CN(C)Cc1cc(N(C)C)c2c(c1O)C(=O)C1=C(O)[C@]3(O)C(=O)C(C(N)=O)=C(O)[C@@H](N(C)C)[C@H]3C[C@H]1C2. The van der Waals surface area contributed by atoms with Crippen molar-refractivity contribution in [2.75, 3.05) is 47.2 Å². The number of rotatable bonds is 5. The maximum atomic E-state index is 13.9. The first-order chi connectivity index (χ1) is 17.1. The lowest BCUT2D eigenvalue weighted by molar-refractivity contribution is -0.148. The second-order valence-electron chi connectivity index (χ2n) is 10.9. The molecule has 1 aromatic rings. The molecular formula is C26H34N4O7. The highest BCUT2D eigenvalue weighted by Gasteiger charge is 2.63. The zero-order valence-corrected chi connectivity index (χ0v) is 21.9. The maximum absolute atomic E-state index is 13.9. The largest absolute Gasteiger partial charge is 0.510 e. The smallest absolute Gasteiger partial charge is 0.255 e. The van der Waals surface area contributed by atoms with E-state index >= 15 is 0 Å². The number of carbonyl (C=O) groups is 3. The van der Waals surface area contributed by atoms with Crippen LogP contribution in [0.15, 0.2) is 28.7 Å². The van der Waals surface area contributed by atoms with Crippen molar-refractivity contribution in [1.82, 2.24) is 9.80 Å². The number of Topliss-reactive ketones (excluding diaryl/α,β-unsaturated/α-hetero) is 2. The number of anilines is 1. The molecule has 6 N–H and O–H groups in total. The minimum absolute atomic E-state index is 0.0174. The number of nitrogens with zero attached hydrogens (tertiary/aromatic N) is 3. The summed E-state index contributed by atoms with van der Waals surface area (Å²) >= 11 is 0. The normalized spacial score (nSPS) is 27.4. The Morgan fingerprint density at radius 2 is 1.73 bits per heavy atom. The zero-order chi connectivity index (χ0) is 27.7. The van der Waals surface area contributed by atoms with Gasteiger partial charge in [-0.05, 0) is 58.6 Å². The number of ketones is 2. The van der Waals surface area contributed by atoms with Crippen molar-refractivity contribution in [3.05, 3.63) is 45.4 Å². The van der Waals surface area contributed by atoms with E-state index in [1.807, 2.05) is 44.1 Å². The number of fused-ring (bicyclic) bond motifs is 3. The number of aliphatic hydroxyl groups excluding tert-OH is 2. The second-order valence-corrected chi connectivity index (χ2v) is 10.9. The van der Waals surface area contributed by atoms with E-state index in [1.54, 1.807) is 14.1 Å². The van der Waals surface area contributed by atoms with Gasteiger partial charge in [0, 0.05) is 43.4 Å². The number of allylic oxidation sites excluding steroid dienone is 1. The van der Waals surface area contributed by atoms with E-state index in [-0.39, 0.29) is 29.7 Å². The Morgan fingerprint density at radius 3 is 2.24 bits per heavy atom. The van der Waals surface area contributed by atoms with Gasteiger partial charge in [-0.15, -0.1) is 0 Å². The van der Waals surface area contributed by atoms with Crippen molar-refractivity contribution < 1.29 is 34.8 Å². The number of benzene rings is 1. The summed E-state index contributed by atoms with van der Waals surface area (Å²) in [6, 6.07) is 0.810. The molecule has 11 heteroatoms. The molecule has 0 aliphatic heterocycles. The van der Waals surface area contributed by atoms with Crippen LogP contribution in [-0.4, -0.2) is 102 Å². The van der Waals surface area contributed by atoms with Crippen LogP contribution >= 0.6 is 0 Å². The third kappa shape index (κ3) is 3.72. The molecule has 0 radical (unpaired) electrons. The number of aliphatic hydroxyl groups is 3. The van der Waals surface area contributed by atoms with Crippen molar-refractivity contribution in [2.45, 2.75) is 31.0 Å². The van der Waals surface area contributed by atoms with Gasteiger partial charge < -0.3 is 36.0 Å². The summed E-state index contributed by atoms with van der Waals surface area (Å²) in [6.45, 7) is 0.350. The monoisotopic (exact) mass is 514 g/mol. The first-order valence-corrected chi connectivity index (χ1v) is 12.0. The lowest BCUT2D eigenvalue weighted by Crippen LogP contribution is -2.63. The molecule has 0 heterocycles. The van der Waals surface area contributed by atoms with E-state index in [0.29, 0.717) is 17.7 Å². The number of hydrogen-bond donors (Lipinski definition) is 5. The summed E-state index contributed by atoms with van der Waals surface area (Å²) in [6.07, 6.45) is 0.302. The highest BCUT2D eigenvalue weighted by atomic mass is 16.3. The summed E-state index contributed by atoms with van der Waals surface area (Å²) in [7, 11) is 10.5. The predicted octanol–water partition coefficient (Wildman–Crippen LogP) is 0.248. The molecule has 0 bridgehead atoms. The van der Waals surface area contributed by atoms with Crippen molar-refractivity contribution in [1.29, 1.82) is 0 Å². The molecule has 37 heavy (non-hydrogen) atoms. The zero-order valence-electron chi connectivity index (χ0n) is 21.9. The van der Waals surface area contributed by atoms with Crippen molar-refractivity contribution in [2.24, 2.45) is 17.6 Å². The van der Waals surface area contributed by atoms with E-state index in [2.05, 4.69) is 0 Å². The fourth-order valence-corrected chi connectivity index (χ4v) is 6.21. The molecule has 1 amide bonds. The Bertz CT molecular complexity index is 1280. The van der Waals surface area contributed by atoms with Crippen LogP contribution in [0.3, 0.4) is 0 Å². The molecule has 4 atom stereocenters. The number of phenols is 1. The summed E-state index contributed by atoms with van der Waals surface area (Å²) in [4.78, 5) is 44.6. The van der Waals surface area contributed by atoms with Gasteiger partial charge >= 0.3 is 0 Å². The predicted molar refractivity (Wildman–Crippen MR) is 135 cm³/mol. The minimum Gasteiger partial charge on any atom is -0.510 e. The van der Waals surface area contributed by atoms with Gasteiger partial charge in [0.2, 0.25) is 5.78 Å². The van der Waals surface area contributed by atoms with Crippen molar-refractivity contribution in [3.8, 4) is 5.75 Å². The fourth-order valence-electron chi connectivity index (χ4n) is 6.21. The highest BCUT2D eigenvalue weighted by molar-refractivity contribution is 6.24. The third-order valence-electron chi connectivity index (χ3n) is 7.75. The van der Waals surface area contributed by atoms with Gasteiger partial charge in [-0.3, -0.25) is 19.3 Å². The Morgan fingerprint density at radius 1 is 1.11 bits per heavy atom. The molecule has 200 valence electrons. The van der Waals surface area contributed by atoms with E-state index < -0.39 is 58.0 Å². The number of nitrogens with two attached hydrogens (primary N) is 1. The summed E-state index contributed by atoms with van der Waals surface area (Å²) in [5, 5.41) is 45.1. The van der Waals surface area contributed by atoms with Crippen LogP contribution in [0.2, 0.25) is 0 Å². The molecule has 0 fully saturated rings. The minimum atomic E-state index is -2.65. The Balaban J connectivity index is 1.98. The van der Waals surface area contributed by atoms with Gasteiger partial charge in [-0.25, -0.2) is 0 Å². The third-order valence-corrected chi connectivity index (χ3v) is 7.75. The number of carbonyl (C=O) groups excluding carboxylic acids is 3. The second kappa shape index (κ2) is 8.86. The summed E-state index contributed by atoms with van der Waals surface area (Å²) in [5.74, 6) is -6.52. The molecular weight excluding hydrogens is 480 g/mol. The summed E-state index contributed by atoms with van der Waals surface area (Å²) < 4.78 is 0. The van der Waals surface area contributed by atoms with Crippen LogP contribution in [0, 0.1) is 11.8 Å². The van der Waals surface area contributed by atoms with Crippen molar-refractivity contribution in [3.63, 3.8) is 0 Å². The van der Waals surface area contributed by atoms with Crippen LogP contribution in [0.1, 0.15) is 27.9 Å². The van der Waals surface area contributed by atoms with E-state index in [1.165, 1.54) is 4.90 Å². The van der Waals surface area contributed by atoms with Crippen LogP contribution in [0.25, 0.3) is 0 Å². The lowest BCUT2D eigenvalue weighted by atomic mass is 9.58. The topological polar surface area (TPSA) is 168 Å². The number of primary amides is 1. The highest BCUT2D eigenvalue weighted by Crippen LogP contribution is 2.53. The van der Waals surface area contributed by atoms with E-state index in [4.69, 9.17) is 5.73 Å². The quantitative estimate of drug-likeness (QED) is 0.344. The molecule has 4 rings (SSSR count). The molecule has 0 aromatic heterocycles. The molecule has 3 aliphatic rings. The molecule has 0 unspecified atom stereocenters. The number of aromatic hydroxyl groups is 1. The Kier molecular flexibility index (Phi) is 6.38. The molecule has 1 aromatic carbocycles. The molecule has 3 aliphatic carbocycles. The van der Waals surface area contributed by atoms with Gasteiger partial charge in [0.05, 0.1) is 11.6 Å². The lowest BCUT2D eigenvalue weighted by Gasteiger charge is -2.50. The van der Waals surface area contributed by atoms with Crippen LogP contribution in [0.4, 0.5) is 5.69 Å². The number of likely N-dealkylation sites (N-methyl/N-ethyl adjacent to an activating group) is 1. The van der Waals surface area contributed by atoms with Crippen molar-refractivity contribution >= 4 is 23.2 Å². The van der Waals surface area contributed by atoms with Gasteiger partial charge in [0.15, 0.2) is 11.4 Å². The molecule has 11 nitrogen and oxygen atoms in total. The van der Waals surface area contributed by atoms with E-state index in [9.17, 15) is 34.8 Å². The maximum Gasteiger partial charge on any atom is 0.255 e. The van der Waals surface area contributed by atoms with Crippen LogP contribution in [-0.2, 0) is 22.6 Å². The molecule has 0 saturated heterocycles. The molecule has 0 spiro atoms. The van der Waals surface area contributed by atoms with Crippen LogP contribution in [0.5, 0.6) is 5.75 Å². The number of amides is 1. The Hall–Kier alpha value is -3.41. The van der Waals surface area contributed by atoms with Crippen LogP contribution < -0.4 is 10.6 Å². The van der Waals surface area contributed by atoms with Gasteiger partial charge in [0.25, 0.3) is 5.91 Å². The number of hydrogen-bond acceptors (Lipinski definition) is 10. The summed E-state index contributed by atoms with van der Waals surface area (Å²) in [5.41, 5.74) is 3.60. The first kappa shape index (κ1) is 26.6. The van der Waals surface area contributed by atoms with Gasteiger partial charge in [-0.1, -0.05) is 0 Å². The molecule has 0 saturated carbocycles. The van der Waals surface area contributed by atoms with Gasteiger partial charge in [-0.2, -0.15) is 0 Å². The number of phenolic OH excluding ortho intramolecular Hbond substituents is 1. The standard InChI is InChI=1S/C26H34N4O7/c1-28(2)10-12-9-15(29(3)4)13-7-11-8-14-19(30(5)6)22(33)18(25(27)36)24(35)26(14,37)23(34)16(11)21(32)17(13)20(12)31/h9,11,14,19,31,33-34,37H,7-8,10H2,1-6H3,(H2,27,36)/t11-,14-,19+,26+/m1/s1. The average Bonchev–Trinajstić information content (AvgIpc) is 2.77. The first-order valence-electron chi connectivity index (χ1n) is 12.0. The van der Waals surface area contributed by atoms with Gasteiger partial charge in [0.1, 0.15) is 22.8 Å².